The number of aromatic amines is 1. The monoisotopic (exact) mass is 322 g/mol. The van der Waals surface area contributed by atoms with Crippen LogP contribution in [0.15, 0.2) is 30.5 Å². The summed E-state index contributed by atoms with van der Waals surface area (Å²) in [5.74, 6) is -0.599. The summed E-state index contributed by atoms with van der Waals surface area (Å²) >= 11 is 0. The summed E-state index contributed by atoms with van der Waals surface area (Å²) < 4.78 is 25.1. The zero-order valence-electron chi connectivity index (χ0n) is 12.2. The molecule has 1 aliphatic heterocycles. The maximum atomic E-state index is 12.5. The number of β-amino-alcohol motifs (C(OH)–C–C–N with tert-alkyl or cyclic N) is 1. The number of aromatic nitrogens is 3. The van der Waals surface area contributed by atoms with E-state index in [1.807, 2.05) is 18.2 Å². The Hall–Kier alpha value is -2.35. The second-order valence-corrected chi connectivity index (χ2v) is 5.57. The van der Waals surface area contributed by atoms with Crippen LogP contribution < -0.4 is 0 Å². The zero-order chi connectivity index (χ0) is 16.4. The van der Waals surface area contributed by atoms with E-state index in [-0.39, 0.29) is 18.2 Å². The van der Waals surface area contributed by atoms with Gasteiger partial charge in [0.2, 0.25) is 0 Å². The van der Waals surface area contributed by atoms with Gasteiger partial charge in [0.1, 0.15) is 5.69 Å². The minimum absolute atomic E-state index is 0.0639. The molecule has 0 aliphatic carbocycles. The fourth-order valence-corrected chi connectivity index (χ4v) is 2.73. The van der Waals surface area contributed by atoms with Gasteiger partial charge in [0, 0.05) is 30.9 Å². The average Bonchev–Trinajstić information content (AvgIpc) is 3.16. The summed E-state index contributed by atoms with van der Waals surface area (Å²) in [5, 5.41) is 15.9. The topological polar surface area (TPSA) is 82.1 Å². The minimum atomic E-state index is -2.70. The Bertz CT molecular complexity index is 677. The summed E-state index contributed by atoms with van der Waals surface area (Å²) in [6, 6.07) is 6.58. The van der Waals surface area contributed by atoms with Crippen molar-refractivity contribution in [3.05, 3.63) is 47.5 Å². The van der Waals surface area contributed by atoms with Crippen LogP contribution in [0.1, 0.15) is 28.3 Å². The molecule has 0 saturated carbocycles. The molecule has 3 heterocycles. The highest BCUT2D eigenvalue weighted by Crippen LogP contribution is 2.23. The van der Waals surface area contributed by atoms with Crippen LogP contribution in [0.25, 0.3) is 0 Å². The number of pyridine rings is 1. The number of amides is 1. The first-order chi connectivity index (χ1) is 11.0. The number of aliphatic hydroxyl groups excluding tert-OH is 1. The van der Waals surface area contributed by atoms with Crippen LogP contribution in [0.3, 0.4) is 0 Å². The lowest BCUT2D eigenvalue weighted by atomic mass is 10.00. The molecule has 0 bridgehead atoms. The van der Waals surface area contributed by atoms with Crippen molar-refractivity contribution in [1.29, 1.82) is 0 Å². The molecule has 0 aromatic carbocycles. The first kappa shape index (κ1) is 15.5. The van der Waals surface area contributed by atoms with E-state index in [9.17, 15) is 18.7 Å². The smallest absolute Gasteiger partial charge is 0.279 e. The highest BCUT2D eigenvalue weighted by Gasteiger charge is 2.35. The fraction of sp³-hybridized carbons (Fsp3) is 0.400. The summed E-state index contributed by atoms with van der Waals surface area (Å²) in [6.07, 6.45) is -1.15. The Morgan fingerprint density at radius 3 is 2.91 bits per heavy atom. The van der Waals surface area contributed by atoms with E-state index < -0.39 is 24.1 Å². The molecular weight excluding hydrogens is 306 g/mol. The number of hydrogen-bond acceptors (Lipinski definition) is 4. The minimum Gasteiger partial charge on any atom is -0.391 e. The Balaban J connectivity index is 1.66. The van der Waals surface area contributed by atoms with Crippen LogP contribution in [0.4, 0.5) is 8.78 Å². The number of rotatable bonds is 4. The summed E-state index contributed by atoms with van der Waals surface area (Å²) in [5.41, 5.74) is 0.384. The van der Waals surface area contributed by atoms with E-state index in [1.165, 1.54) is 4.90 Å². The molecule has 23 heavy (non-hydrogen) atoms. The molecular formula is C15H16F2N4O2. The Labute approximate surface area is 131 Å². The van der Waals surface area contributed by atoms with Crippen LogP contribution in [-0.2, 0) is 6.42 Å². The maximum absolute atomic E-state index is 12.5. The highest BCUT2D eigenvalue weighted by atomic mass is 19.3. The predicted octanol–water partition coefficient (Wildman–Crippen LogP) is 1.42. The van der Waals surface area contributed by atoms with Gasteiger partial charge in [0.25, 0.3) is 12.3 Å². The number of alkyl halides is 2. The van der Waals surface area contributed by atoms with Gasteiger partial charge in [-0.2, -0.15) is 5.10 Å². The number of aliphatic hydroxyl groups is 1. The number of H-pyrrole nitrogens is 1. The van der Waals surface area contributed by atoms with Crippen molar-refractivity contribution in [2.45, 2.75) is 19.0 Å². The van der Waals surface area contributed by atoms with Crippen molar-refractivity contribution in [2.75, 3.05) is 13.1 Å². The standard InChI is InChI=1S/C15H16F2N4O2/c16-14(17)11-6-12(20-19-11)15(23)21-7-9(13(22)8-21)5-10-3-1-2-4-18-10/h1-4,6,9,13-14,22H,5,7-8H2,(H,19,20)/t9-,13-/m1/s1. The molecule has 6 nitrogen and oxygen atoms in total. The lowest BCUT2D eigenvalue weighted by molar-refractivity contribution is 0.0759. The summed E-state index contributed by atoms with van der Waals surface area (Å²) in [6.45, 7) is 0.501. The predicted molar refractivity (Wildman–Crippen MR) is 76.9 cm³/mol. The first-order valence-electron chi connectivity index (χ1n) is 7.25. The van der Waals surface area contributed by atoms with Gasteiger partial charge in [-0.05, 0) is 24.6 Å². The molecule has 2 atom stereocenters. The number of halogens is 2. The van der Waals surface area contributed by atoms with Crippen LogP contribution in [0, 0.1) is 5.92 Å². The van der Waals surface area contributed by atoms with E-state index >= 15 is 0 Å². The highest BCUT2D eigenvalue weighted by molar-refractivity contribution is 5.92. The summed E-state index contributed by atoms with van der Waals surface area (Å²) in [4.78, 5) is 17.9. The molecule has 0 radical (unpaired) electrons. The number of carbonyl (C=O) groups is 1. The molecule has 1 aliphatic rings. The van der Waals surface area contributed by atoms with Gasteiger partial charge in [-0.15, -0.1) is 0 Å². The molecule has 8 heteroatoms. The fourth-order valence-electron chi connectivity index (χ4n) is 2.73. The van der Waals surface area contributed by atoms with Gasteiger partial charge in [-0.3, -0.25) is 14.9 Å². The van der Waals surface area contributed by atoms with E-state index in [0.717, 1.165) is 11.8 Å². The number of likely N-dealkylation sites (tertiary alicyclic amines) is 1. The van der Waals surface area contributed by atoms with Crippen LogP contribution in [-0.4, -0.2) is 50.3 Å². The van der Waals surface area contributed by atoms with E-state index in [2.05, 4.69) is 15.2 Å². The second-order valence-electron chi connectivity index (χ2n) is 5.57. The second kappa shape index (κ2) is 6.41. The Kier molecular flexibility index (Phi) is 4.33. The molecule has 122 valence electrons. The number of carbonyl (C=O) groups excluding carboxylic acids is 1. The first-order valence-corrected chi connectivity index (χ1v) is 7.25. The number of nitrogens with zero attached hydrogens (tertiary/aromatic N) is 3. The van der Waals surface area contributed by atoms with Crippen LogP contribution in [0.5, 0.6) is 0 Å². The van der Waals surface area contributed by atoms with Crippen molar-refractivity contribution < 1.29 is 18.7 Å². The van der Waals surface area contributed by atoms with Gasteiger partial charge in [-0.1, -0.05) is 6.07 Å². The van der Waals surface area contributed by atoms with E-state index in [4.69, 9.17) is 0 Å². The molecule has 2 N–H and O–H groups in total. The lowest BCUT2D eigenvalue weighted by Gasteiger charge is -2.14. The molecule has 0 spiro atoms. The van der Waals surface area contributed by atoms with Crippen molar-refractivity contribution in [3.8, 4) is 0 Å². The van der Waals surface area contributed by atoms with E-state index in [0.29, 0.717) is 13.0 Å². The quantitative estimate of drug-likeness (QED) is 0.892. The van der Waals surface area contributed by atoms with Crippen LogP contribution >= 0.6 is 0 Å². The van der Waals surface area contributed by atoms with Crippen LogP contribution in [0.2, 0.25) is 0 Å². The third-order valence-corrected chi connectivity index (χ3v) is 3.94. The molecule has 0 unspecified atom stereocenters. The molecule has 3 rings (SSSR count). The molecule has 2 aromatic heterocycles. The lowest BCUT2D eigenvalue weighted by Crippen LogP contribution is -2.29. The molecule has 1 amide bonds. The third-order valence-electron chi connectivity index (χ3n) is 3.94. The van der Waals surface area contributed by atoms with Gasteiger partial charge in [-0.25, -0.2) is 8.78 Å². The maximum Gasteiger partial charge on any atom is 0.279 e. The van der Waals surface area contributed by atoms with Gasteiger partial charge in [0.15, 0.2) is 5.69 Å². The van der Waals surface area contributed by atoms with Crippen molar-refractivity contribution >= 4 is 5.91 Å². The van der Waals surface area contributed by atoms with Crippen molar-refractivity contribution in [2.24, 2.45) is 5.92 Å². The molecule has 1 saturated heterocycles. The Morgan fingerprint density at radius 2 is 2.26 bits per heavy atom. The van der Waals surface area contributed by atoms with E-state index in [1.54, 1.807) is 6.20 Å². The molecule has 1 fully saturated rings. The Morgan fingerprint density at radius 1 is 1.43 bits per heavy atom. The van der Waals surface area contributed by atoms with Gasteiger partial charge in [0.05, 0.1) is 6.10 Å². The summed E-state index contributed by atoms with van der Waals surface area (Å²) in [7, 11) is 0. The number of hydrogen-bond donors (Lipinski definition) is 2. The number of nitrogens with one attached hydrogen (secondary N) is 1. The van der Waals surface area contributed by atoms with Gasteiger partial charge >= 0.3 is 0 Å². The largest absolute Gasteiger partial charge is 0.391 e. The van der Waals surface area contributed by atoms with Crippen molar-refractivity contribution in [1.82, 2.24) is 20.1 Å². The molecule has 2 aromatic rings. The third kappa shape index (κ3) is 3.37. The average molecular weight is 322 g/mol. The van der Waals surface area contributed by atoms with Gasteiger partial charge < -0.3 is 10.0 Å². The zero-order valence-corrected chi connectivity index (χ0v) is 12.2. The SMILES string of the molecule is O=C(c1cc(C(F)F)[nH]n1)N1C[C@@H](Cc2ccccn2)[C@H](O)C1. The van der Waals surface area contributed by atoms with Crippen molar-refractivity contribution in [3.63, 3.8) is 0 Å². The normalized spacial score (nSPS) is 21.1.